The molecule has 1 heterocycles. The number of aliphatic hydroxyl groups excluding tert-OH is 3. The van der Waals surface area contributed by atoms with Crippen LogP contribution >= 0.6 is 12.6 Å². The van der Waals surface area contributed by atoms with Crippen LogP contribution in [0.4, 0.5) is 0 Å². The molecule has 1 unspecified atom stereocenters. The summed E-state index contributed by atoms with van der Waals surface area (Å²) < 4.78 is 4.92. The van der Waals surface area contributed by atoms with Gasteiger partial charge in [-0.2, -0.15) is 12.6 Å². The van der Waals surface area contributed by atoms with E-state index in [2.05, 4.69) is 17.9 Å². The molecule has 0 saturated carbocycles. The summed E-state index contributed by atoms with van der Waals surface area (Å²) in [4.78, 5) is 10.8. The Kier molecular flexibility index (Phi) is 4.35. The van der Waals surface area contributed by atoms with Gasteiger partial charge in [-0.3, -0.25) is 4.79 Å². The Morgan fingerprint density at radius 1 is 1.53 bits per heavy atom. The topological polar surface area (TPSA) is 99.0 Å². The number of nitrogens with one attached hydrogen (secondary N) is 1. The molecule has 5 atom stereocenters. The summed E-state index contributed by atoms with van der Waals surface area (Å²) >= 11 is 4.08. The van der Waals surface area contributed by atoms with Crippen LogP contribution in [0.5, 0.6) is 0 Å². The van der Waals surface area contributed by atoms with E-state index in [1.54, 1.807) is 0 Å². The van der Waals surface area contributed by atoms with E-state index in [-0.39, 0.29) is 5.91 Å². The zero-order valence-corrected chi connectivity index (χ0v) is 9.09. The van der Waals surface area contributed by atoms with Gasteiger partial charge in [0.2, 0.25) is 5.91 Å². The molecule has 0 bridgehead atoms. The quantitative estimate of drug-likeness (QED) is 0.353. The molecule has 1 aliphatic rings. The number of carbonyl (C=O) groups excluding carboxylic acids is 1. The first-order valence-electron chi connectivity index (χ1n) is 4.55. The van der Waals surface area contributed by atoms with Gasteiger partial charge >= 0.3 is 0 Å². The first-order valence-corrected chi connectivity index (χ1v) is 5.06. The van der Waals surface area contributed by atoms with Crippen LogP contribution in [0, 0.1) is 0 Å². The molecule has 1 amide bonds. The third kappa shape index (κ3) is 2.82. The fraction of sp³-hybridized carbons (Fsp3) is 0.875. The molecule has 15 heavy (non-hydrogen) atoms. The van der Waals surface area contributed by atoms with E-state index in [1.165, 1.54) is 6.92 Å². The van der Waals surface area contributed by atoms with Crippen LogP contribution < -0.4 is 5.32 Å². The van der Waals surface area contributed by atoms with Gasteiger partial charge in [0.05, 0.1) is 24.0 Å². The Morgan fingerprint density at radius 2 is 2.13 bits per heavy atom. The summed E-state index contributed by atoms with van der Waals surface area (Å²) in [7, 11) is 0. The lowest BCUT2D eigenvalue weighted by Gasteiger charge is -2.40. The highest BCUT2D eigenvalue weighted by molar-refractivity contribution is 7.81. The average Bonchev–Trinajstić information content (AvgIpc) is 2.18. The molecular weight excluding hydrogens is 222 g/mol. The van der Waals surface area contributed by atoms with Gasteiger partial charge in [0.25, 0.3) is 0 Å². The fourth-order valence-electron chi connectivity index (χ4n) is 1.49. The standard InChI is InChI=1S/C8H15NO5S/c1-3(11)9-5-7(15)6(12)4(2-10)14-8(5)13/h4-8,10,12-13,15H,2H2,1H3,(H,9,11)/t4-,5+,6-,7-,8?/m1/s1. The second-order valence-electron chi connectivity index (χ2n) is 3.46. The molecule has 0 spiro atoms. The van der Waals surface area contributed by atoms with Crippen molar-refractivity contribution in [1.29, 1.82) is 0 Å². The van der Waals surface area contributed by atoms with Gasteiger partial charge in [-0.1, -0.05) is 0 Å². The number of thiol groups is 1. The number of aliphatic hydroxyl groups is 3. The highest BCUT2D eigenvalue weighted by Crippen LogP contribution is 2.23. The highest BCUT2D eigenvalue weighted by atomic mass is 32.1. The Balaban J connectivity index is 2.70. The number of amides is 1. The minimum atomic E-state index is -1.28. The van der Waals surface area contributed by atoms with Crippen LogP contribution in [-0.4, -0.2) is 57.6 Å². The van der Waals surface area contributed by atoms with Crippen molar-refractivity contribution in [3.8, 4) is 0 Å². The largest absolute Gasteiger partial charge is 0.394 e. The molecule has 0 aromatic heterocycles. The van der Waals surface area contributed by atoms with Gasteiger partial charge in [0.1, 0.15) is 6.10 Å². The molecule has 4 N–H and O–H groups in total. The van der Waals surface area contributed by atoms with Gasteiger partial charge < -0.3 is 25.4 Å². The van der Waals surface area contributed by atoms with E-state index in [1.807, 2.05) is 0 Å². The van der Waals surface area contributed by atoms with Crippen LogP contribution in [0.1, 0.15) is 6.92 Å². The summed E-state index contributed by atoms with van der Waals surface area (Å²) in [6.45, 7) is 0.875. The lowest BCUT2D eigenvalue weighted by atomic mass is 10.00. The normalized spacial score (nSPS) is 41.3. The summed E-state index contributed by atoms with van der Waals surface area (Å²) in [6, 6.07) is -0.788. The van der Waals surface area contributed by atoms with Crippen molar-refractivity contribution in [3.05, 3.63) is 0 Å². The van der Waals surface area contributed by atoms with Crippen molar-refractivity contribution in [1.82, 2.24) is 5.32 Å². The third-order valence-corrected chi connectivity index (χ3v) is 2.90. The van der Waals surface area contributed by atoms with Crippen LogP contribution in [-0.2, 0) is 9.53 Å². The van der Waals surface area contributed by atoms with E-state index in [0.717, 1.165) is 0 Å². The van der Waals surface area contributed by atoms with Crippen LogP contribution in [0.15, 0.2) is 0 Å². The fourth-order valence-corrected chi connectivity index (χ4v) is 1.90. The molecule has 88 valence electrons. The molecule has 6 nitrogen and oxygen atoms in total. The van der Waals surface area contributed by atoms with E-state index >= 15 is 0 Å². The maximum Gasteiger partial charge on any atom is 0.217 e. The second-order valence-corrected chi connectivity index (χ2v) is 4.05. The zero-order chi connectivity index (χ0) is 11.6. The summed E-state index contributed by atoms with van der Waals surface area (Å²) in [5.74, 6) is -0.351. The summed E-state index contributed by atoms with van der Waals surface area (Å²) in [6.07, 6.45) is -3.21. The van der Waals surface area contributed by atoms with Crippen LogP contribution in [0.3, 0.4) is 0 Å². The van der Waals surface area contributed by atoms with Crippen molar-refractivity contribution in [2.45, 2.75) is 36.7 Å². The SMILES string of the molecule is CC(=O)N[C@@H]1C(O)O[C@H](CO)[C@@H](O)[C@@H]1S. The van der Waals surface area contributed by atoms with Crippen molar-refractivity contribution in [2.24, 2.45) is 0 Å². The third-order valence-electron chi connectivity index (χ3n) is 2.27. The number of hydrogen-bond acceptors (Lipinski definition) is 6. The first-order chi connectivity index (χ1) is 6.97. The minimum absolute atomic E-state index is 0.351. The van der Waals surface area contributed by atoms with Crippen molar-refractivity contribution in [3.63, 3.8) is 0 Å². The average molecular weight is 237 g/mol. The maximum atomic E-state index is 10.8. The molecule has 1 rings (SSSR count). The molecule has 0 radical (unpaired) electrons. The van der Waals surface area contributed by atoms with Gasteiger partial charge in [0.15, 0.2) is 6.29 Å². The smallest absolute Gasteiger partial charge is 0.217 e. The monoisotopic (exact) mass is 237 g/mol. The maximum absolute atomic E-state index is 10.8. The molecule has 1 saturated heterocycles. The Bertz CT molecular complexity index is 239. The summed E-state index contributed by atoms with van der Waals surface area (Å²) in [5, 5.41) is 29.7. The molecule has 7 heteroatoms. The van der Waals surface area contributed by atoms with Gasteiger partial charge in [0, 0.05) is 6.92 Å². The Morgan fingerprint density at radius 3 is 2.60 bits per heavy atom. The van der Waals surface area contributed by atoms with E-state index < -0.39 is 36.4 Å². The van der Waals surface area contributed by atoms with E-state index in [0.29, 0.717) is 0 Å². The summed E-state index contributed by atoms with van der Waals surface area (Å²) in [5.41, 5.74) is 0. The molecule has 1 fully saturated rings. The molecule has 0 aliphatic carbocycles. The van der Waals surface area contributed by atoms with E-state index in [9.17, 15) is 15.0 Å². The van der Waals surface area contributed by atoms with Gasteiger partial charge in [-0.05, 0) is 0 Å². The predicted octanol–water partition coefficient (Wildman–Crippen LogP) is -2.14. The van der Waals surface area contributed by atoms with Gasteiger partial charge in [-0.25, -0.2) is 0 Å². The number of ether oxygens (including phenoxy) is 1. The Labute approximate surface area is 92.7 Å². The number of rotatable bonds is 2. The zero-order valence-electron chi connectivity index (χ0n) is 8.20. The van der Waals surface area contributed by atoms with Crippen LogP contribution in [0.2, 0.25) is 0 Å². The van der Waals surface area contributed by atoms with Crippen molar-refractivity contribution < 1.29 is 24.9 Å². The van der Waals surface area contributed by atoms with Gasteiger partial charge in [-0.15, -0.1) is 0 Å². The van der Waals surface area contributed by atoms with Crippen molar-refractivity contribution >= 4 is 18.5 Å². The predicted molar refractivity (Wildman–Crippen MR) is 54.4 cm³/mol. The molecule has 1 aliphatic heterocycles. The number of hydrogen-bond donors (Lipinski definition) is 5. The molecule has 0 aromatic carbocycles. The van der Waals surface area contributed by atoms with Crippen LogP contribution in [0.25, 0.3) is 0 Å². The highest BCUT2D eigenvalue weighted by Gasteiger charge is 2.42. The Hall–Kier alpha value is -0.340. The van der Waals surface area contributed by atoms with Crippen molar-refractivity contribution in [2.75, 3.05) is 6.61 Å². The second kappa shape index (κ2) is 5.13. The van der Waals surface area contributed by atoms with E-state index in [4.69, 9.17) is 9.84 Å². The number of carbonyl (C=O) groups is 1. The minimum Gasteiger partial charge on any atom is -0.394 e. The first kappa shape index (κ1) is 12.7. The lowest BCUT2D eigenvalue weighted by Crippen LogP contribution is -2.62. The molecule has 0 aromatic rings. The lowest BCUT2D eigenvalue weighted by molar-refractivity contribution is -0.218. The molecular formula is C8H15NO5S.